The Kier molecular flexibility index (Phi) is 5.41. The topological polar surface area (TPSA) is 95.2 Å². The molecule has 1 aromatic heterocycles. The molecule has 0 saturated heterocycles. The van der Waals surface area contributed by atoms with Gasteiger partial charge >= 0.3 is 0 Å². The number of benzene rings is 2. The molecule has 1 aliphatic carbocycles. The Labute approximate surface area is 168 Å². The highest BCUT2D eigenvalue weighted by atomic mass is 16.5. The van der Waals surface area contributed by atoms with Gasteiger partial charge in [-0.15, -0.1) is 0 Å². The molecule has 6 nitrogen and oxygen atoms in total. The first kappa shape index (κ1) is 18.9. The molecule has 0 radical (unpaired) electrons. The molecule has 0 aliphatic heterocycles. The fourth-order valence-corrected chi connectivity index (χ4v) is 3.58. The third-order valence-electron chi connectivity index (χ3n) is 5.09. The van der Waals surface area contributed by atoms with E-state index in [1.54, 1.807) is 36.4 Å². The van der Waals surface area contributed by atoms with Crippen LogP contribution in [0, 0.1) is 11.3 Å². The molecule has 0 spiro atoms. The number of carbonyl (C=O) groups is 1. The molecular formula is C23H21N3O3. The normalized spacial score (nSPS) is 18.8. The van der Waals surface area contributed by atoms with Crippen LogP contribution in [0.4, 0.5) is 0 Å². The van der Waals surface area contributed by atoms with Gasteiger partial charge in [-0.05, 0) is 74.2 Å². The number of aliphatic hydroxyl groups excluding tert-OH is 1. The molecule has 3 aromatic rings. The number of amides is 1. The fraction of sp³-hybridized carbons (Fsp3) is 0.261. The Hall–Kier alpha value is -3.43. The van der Waals surface area contributed by atoms with Crippen LogP contribution in [-0.4, -0.2) is 28.1 Å². The smallest absolute Gasteiger partial charge is 0.270 e. The van der Waals surface area contributed by atoms with Crippen LogP contribution in [0.5, 0.6) is 11.5 Å². The molecule has 29 heavy (non-hydrogen) atoms. The van der Waals surface area contributed by atoms with Gasteiger partial charge in [0.05, 0.1) is 23.3 Å². The van der Waals surface area contributed by atoms with Crippen molar-refractivity contribution in [3.05, 3.63) is 65.9 Å². The van der Waals surface area contributed by atoms with Gasteiger partial charge in [0, 0.05) is 11.4 Å². The fourth-order valence-electron chi connectivity index (χ4n) is 3.58. The number of fused-ring (bicyclic) bond motifs is 1. The SMILES string of the molecule is N#Cc1ccc(Oc2ccc3nc(C(=O)N[C@H]4CCC[C@@H](O)C4)ccc3c2)cc1. The van der Waals surface area contributed by atoms with E-state index in [0.29, 0.717) is 34.7 Å². The second-order valence-electron chi connectivity index (χ2n) is 7.28. The predicted octanol–water partition coefficient (Wildman–Crippen LogP) is 3.93. The summed E-state index contributed by atoms with van der Waals surface area (Å²) in [4.78, 5) is 17.0. The number of ether oxygens (including phenoxy) is 1. The lowest BCUT2D eigenvalue weighted by atomic mass is 9.93. The Morgan fingerprint density at radius 1 is 1.10 bits per heavy atom. The average molecular weight is 387 g/mol. The summed E-state index contributed by atoms with van der Waals surface area (Å²) in [6.07, 6.45) is 2.85. The highest BCUT2D eigenvalue weighted by molar-refractivity contribution is 5.95. The number of hydrogen-bond acceptors (Lipinski definition) is 5. The van der Waals surface area contributed by atoms with E-state index in [4.69, 9.17) is 10.00 Å². The van der Waals surface area contributed by atoms with E-state index in [-0.39, 0.29) is 18.1 Å². The summed E-state index contributed by atoms with van der Waals surface area (Å²) < 4.78 is 5.83. The molecule has 6 heteroatoms. The molecule has 0 bridgehead atoms. The molecule has 1 amide bonds. The maximum atomic E-state index is 12.5. The van der Waals surface area contributed by atoms with E-state index in [0.717, 1.165) is 24.6 Å². The number of aromatic nitrogens is 1. The molecule has 1 saturated carbocycles. The summed E-state index contributed by atoms with van der Waals surface area (Å²) in [6.45, 7) is 0. The van der Waals surface area contributed by atoms with Crippen molar-refractivity contribution in [1.29, 1.82) is 5.26 Å². The van der Waals surface area contributed by atoms with Crippen LogP contribution in [-0.2, 0) is 0 Å². The summed E-state index contributed by atoms with van der Waals surface area (Å²) >= 11 is 0. The zero-order valence-corrected chi connectivity index (χ0v) is 15.8. The first-order valence-electron chi connectivity index (χ1n) is 9.68. The van der Waals surface area contributed by atoms with Gasteiger partial charge in [0.2, 0.25) is 0 Å². The van der Waals surface area contributed by atoms with Gasteiger partial charge in [0.15, 0.2) is 0 Å². The largest absolute Gasteiger partial charge is 0.457 e. The third kappa shape index (κ3) is 4.53. The quantitative estimate of drug-likeness (QED) is 0.707. The summed E-state index contributed by atoms with van der Waals surface area (Å²) in [5.74, 6) is 1.07. The number of rotatable bonds is 4. The van der Waals surface area contributed by atoms with Crippen LogP contribution >= 0.6 is 0 Å². The molecule has 1 fully saturated rings. The monoisotopic (exact) mass is 387 g/mol. The van der Waals surface area contributed by atoms with E-state index < -0.39 is 0 Å². The number of aliphatic hydroxyl groups is 1. The molecular weight excluding hydrogens is 366 g/mol. The molecule has 4 rings (SSSR count). The van der Waals surface area contributed by atoms with E-state index in [9.17, 15) is 9.90 Å². The van der Waals surface area contributed by atoms with Crippen LogP contribution in [0.1, 0.15) is 41.7 Å². The van der Waals surface area contributed by atoms with E-state index in [1.165, 1.54) is 0 Å². The molecule has 2 aromatic carbocycles. The Bertz CT molecular complexity index is 1070. The number of pyridine rings is 1. The first-order chi connectivity index (χ1) is 14.1. The predicted molar refractivity (Wildman–Crippen MR) is 109 cm³/mol. The number of nitrogens with one attached hydrogen (secondary N) is 1. The Morgan fingerprint density at radius 3 is 2.66 bits per heavy atom. The second kappa shape index (κ2) is 8.29. The number of nitrogens with zero attached hydrogens (tertiary/aromatic N) is 2. The zero-order valence-electron chi connectivity index (χ0n) is 15.8. The maximum absolute atomic E-state index is 12.5. The van der Waals surface area contributed by atoms with E-state index in [2.05, 4.69) is 16.4 Å². The minimum absolute atomic E-state index is 0.00746. The van der Waals surface area contributed by atoms with Crippen molar-refractivity contribution in [2.24, 2.45) is 0 Å². The van der Waals surface area contributed by atoms with Crippen LogP contribution < -0.4 is 10.1 Å². The standard InChI is InChI=1S/C23H21N3O3/c24-14-15-4-7-19(8-5-15)29-20-9-11-21-16(12-20)6-10-22(26-21)23(28)25-17-2-1-3-18(27)13-17/h4-12,17-18,27H,1-3,13H2,(H,25,28)/t17-,18+/m0/s1. The van der Waals surface area contributed by atoms with Crippen molar-refractivity contribution in [3.63, 3.8) is 0 Å². The number of nitriles is 1. The molecule has 0 unspecified atom stereocenters. The van der Waals surface area contributed by atoms with E-state index >= 15 is 0 Å². The third-order valence-corrected chi connectivity index (χ3v) is 5.09. The summed E-state index contributed by atoms with van der Waals surface area (Å²) in [7, 11) is 0. The molecule has 1 heterocycles. The first-order valence-corrected chi connectivity index (χ1v) is 9.68. The Balaban J connectivity index is 1.47. The molecule has 1 aliphatic rings. The van der Waals surface area contributed by atoms with Crippen LogP contribution in [0.15, 0.2) is 54.6 Å². The van der Waals surface area contributed by atoms with E-state index in [1.807, 2.05) is 18.2 Å². The number of hydrogen-bond donors (Lipinski definition) is 2. The van der Waals surface area contributed by atoms with Crippen molar-refractivity contribution in [2.45, 2.75) is 37.8 Å². The molecule has 146 valence electrons. The van der Waals surface area contributed by atoms with Gasteiger partial charge in [-0.25, -0.2) is 4.98 Å². The minimum atomic E-state index is -0.340. The highest BCUT2D eigenvalue weighted by Crippen LogP contribution is 2.26. The van der Waals surface area contributed by atoms with Crippen molar-refractivity contribution >= 4 is 16.8 Å². The summed E-state index contributed by atoms with van der Waals surface area (Å²) in [6, 6.07) is 18.0. The maximum Gasteiger partial charge on any atom is 0.270 e. The van der Waals surface area contributed by atoms with Gasteiger partial charge in [-0.1, -0.05) is 6.07 Å². The highest BCUT2D eigenvalue weighted by Gasteiger charge is 2.22. The Morgan fingerprint density at radius 2 is 1.90 bits per heavy atom. The lowest BCUT2D eigenvalue weighted by Crippen LogP contribution is -2.40. The van der Waals surface area contributed by atoms with Gasteiger partial charge in [0.25, 0.3) is 5.91 Å². The minimum Gasteiger partial charge on any atom is -0.457 e. The van der Waals surface area contributed by atoms with Crippen LogP contribution in [0.2, 0.25) is 0 Å². The van der Waals surface area contributed by atoms with Crippen molar-refractivity contribution in [2.75, 3.05) is 0 Å². The van der Waals surface area contributed by atoms with Crippen LogP contribution in [0.3, 0.4) is 0 Å². The van der Waals surface area contributed by atoms with Gasteiger partial charge < -0.3 is 15.2 Å². The average Bonchev–Trinajstić information content (AvgIpc) is 2.74. The van der Waals surface area contributed by atoms with Gasteiger partial charge in [0.1, 0.15) is 17.2 Å². The second-order valence-corrected chi connectivity index (χ2v) is 7.28. The summed E-state index contributed by atoms with van der Waals surface area (Å²) in [5.41, 5.74) is 1.64. The summed E-state index contributed by atoms with van der Waals surface area (Å²) in [5, 5.41) is 22.5. The molecule has 2 N–H and O–H groups in total. The molecule has 2 atom stereocenters. The van der Waals surface area contributed by atoms with Crippen LogP contribution in [0.25, 0.3) is 10.9 Å². The van der Waals surface area contributed by atoms with Crippen molar-refractivity contribution in [1.82, 2.24) is 10.3 Å². The zero-order chi connectivity index (χ0) is 20.2. The lowest BCUT2D eigenvalue weighted by Gasteiger charge is -2.26. The van der Waals surface area contributed by atoms with Crippen molar-refractivity contribution in [3.8, 4) is 17.6 Å². The van der Waals surface area contributed by atoms with Gasteiger partial charge in [-0.3, -0.25) is 4.79 Å². The number of carbonyl (C=O) groups excluding carboxylic acids is 1. The van der Waals surface area contributed by atoms with Gasteiger partial charge in [-0.2, -0.15) is 5.26 Å². The van der Waals surface area contributed by atoms with Crippen molar-refractivity contribution < 1.29 is 14.6 Å². The lowest BCUT2D eigenvalue weighted by molar-refractivity contribution is 0.0846.